The lowest BCUT2D eigenvalue weighted by Crippen LogP contribution is -2.65. The molecule has 1 saturated heterocycles. The van der Waals surface area contributed by atoms with E-state index in [4.69, 9.17) is 0 Å². The number of para-hydroxylation sites is 2. The van der Waals surface area contributed by atoms with Crippen molar-refractivity contribution < 1.29 is 14.7 Å². The van der Waals surface area contributed by atoms with Gasteiger partial charge < -0.3 is 10.1 Å². The highest BCUT2D eigenvalue weighted by atomic mass is 16.4. The average molecular weight is 445 g/mol. The Morgan fingerprint density at radius 2 is 1.91 bits per heavy atom. The molecule has 0 spiro atoms. The number of carboxylic acids is 1. The zero-order chi connectivity index (χ0) is 23.2. The van der Waals surface area contributed by atoms with E-state index in [0.717, 1.165) is 48.9 Å². The molecule has 2 aliphatic heterocycles. The summed E-state index contributed by atoms with van der Waals surface area (Å²) in [5.41, 5.74) is 3.86. The molecule has 2 unspecified atom stereocenters. The maximum atomic E-state index is 14.7. The Kier molecular flexibility index (Phi) is 5.43. The number of carbonyl (C=O) groups excluding carboxylic acids is 1. The van der Waals surface area contributed by atoms with Crippen LogP contribution in [-0.4, -0.2) is 40.1 Å². The molecule has 6 nitrogen and oxygen atoms in total. The highest BCUT2D eigenvalue weighted by molar-refractivity contribution is 6.24. The Morgan fingerprint density at radius 3 is 2.67 bits per heavy atom. The van der Waals surface area contributed by atoms with Crippen molar-refractivity contribution in [3.8, 4) is 0 Å². The number of quaternary nitrogens is 1. The Hall–Kier alpha value is -3.22. The van der Waals surface area contributed by atoms with Gasteiger partial charge in [0.2, 0.25) is 0 Å². The van der Waals surface area contributed by atoms with E-state index in [0.29, 0.717) is 29.2 Å². The molecule has 0 radical (unpaired) electrons. The number of fused-ring (bicyclic) bond motifs is 2. The second-order valence-electron chi connectivity index (χ2n) is 9.24. The van der Waals surface area contributed by atoms with Crippen LogP contribution in [0.4, 0.5) is 5.69 Å². The van der Waals surface area contributed by atoms with Gasteiger partial charge in [0.1, 0.15) is 11.1 Å². The number of carboxylic acid groups (broad SMARTS) is 1. The lowest BCUT2D eigenvalue weighted by molar-refractivity contribution is -0.130. The topological polar surface area (TPSA) is 73.4 Å². The largest absolute Gasteiger partial charge is 0.477 e. The summed E-state index contributed by atoms with van der Waals surface area (Å²) >= 11 is 0. The van der Waals surface area contributed by atoms with E-state index >= 15 is 0 Å². The Bertz CT molecular complexity index is 1270. The van der Waals surface area contributed by atoms with Crippen LogP contribution in [0.25, 0.3) is 16.5 Å². The van der Waals surface area contributed by atoms with E-state index in [9.17, 15) is 14.7 Å². The van der Waals surface area contributed by atoms with Crippen molar-refractivity contribution in [3.05, 3.63) is 71.6 Å². The fourth-order valence-corrected chi connectivity index (χ4v) is 5.74. The number of nitrogens with one attached hydrogen (secondary N) is 1. The van der Waals surface area contributed by atoms with Crippen molar-refractivity contribution in [1.29, 1.82) is 0 Å². The first-order valence-electron chi connectivity index (χ1n) is 11.8. The molecule has 0 saturated carbocycles. The summed E-state index contributed by atoms with van der Waals surface area (Å²) in [6.45, 7) is 5.73. The minimum atomic E-state index is -0.970. The number of hydrogen-bond acceptors (Lipinski definition) is 3. The van der Waals surface area contributed by atoms with Gasteiger partial charge in [-0.25, -0.2) is 9.59 Å². The Balaban J connectivity index is 1.84. The van der Waals surface area contributed by atoms with Crippen LogP contribution >= 0.6 is 0 Å². The predicted octanol–water partition coefficient (Wildman–Crippen LogP) is 5.57. The van der Waals surface area contributed by atoms with Crippen molar-refractivity contribution in [3.63, 3.8) is 0 Å². The molecule has 1 aromatic heterocycles. The molecular formula is C27H30N3O3+. The molecule has 6 heteroatoms. The molecule has 2 aliphatic rings. The third-order valence-electron chi connectivity index (χ3n) is 7.08. The van der Waals surface area contributed by atoms with E-state index in [2.05, 4.69) is 16.9 Å². The van der Waals surface area contributed by atoms with E-state index in [1.54, 1.807) is 6.20 Å². The van der Waals surface area contributed by atoms with E-state index in [1.165, 1.54) is 0 Å². The van der Waals surface area contributed by atoms with Crippen molar-refractivity contribution in [2.45, 2.75) is 39.5 Å². The van der Waals surface area contributed by atoms with Crippen LogP contribution in [0.5, 0.6) is 0 Å². The van der Waals surface area contributed by atoms with Gasteiger partial charge in [-0.15, -0.1) is 9.60 Å². The van der Waals surface area contributed by atoms with Gasteiger partial charge >= 0.3 is 11.9 Å². The Labute approximate surface area is 193 Å². The van der Waals surface area contributed by atoms with Gasteiger partial charge in [-0.3, -0.25) is 0 Å². The Morgan fingerprint density at radius 1 is 1.15 bits per heavy atom. The number of aromatic amines is 1. The highest BCUT2D eigenvalue weighted by Gasteiger charge is 2.58. The quantitative estimate of drug-likeness (QED) is 0.505. The van der Waals surface area contributed by atoms with Gasteiger partial charge in [0.15, 0.2) is 11.4 Å². The van der Waals surface area contributed by atoms with E-state index < -0.39 is 5.97 Å². The van der Waals surface area contributed by atoms with Gasteiger partial charge in [0, 0.05) is 36.1 Å². The van der Waals surface area contributed by atoms with Gasteiger partial charge in [0.25, 0.3) is 0 Å². The number of benzene rings is 2. The molecule has 5 rings (SSSR count). The number of aromatic nitrogens is 1. The molecule has 0 aliphatic carbocycles. The summed E-state index contributed by atoms with van der Waals surface area (Å²) in [6.07, 6.45) is 5.16. The predicted molar refractivity (Wildman–Crippen MR) is 130 cm³/mol. The molecule has 170 valence electrons. The first-order chi connectivity index (χ1) is 16.0. The van der Waals surface area contributed by atoms with Gasteiger partial charge in [-0.05, 0) is 37.3 Å². The van der Waals surface area contributed by atoms with E-state index in [1.807, 2.05) is 55.5 Å². The molecule has 1 amide bonds. The van der Waals surface area contributed by atoms with Crippen LogP contribution < -0.4 is 4.59 Å². The van der Waals surface area contributed by atoms with Gasteiger partial charge in [-0.1, -0.05) is 44.2 Å². The van der Waals surface area contributed by atoms with Crippen molar-refractivity contribution in [1.82, 2.24) is 14.6 Å². The third-order valence-corrected chi connectivity index (χ3v) is 7.08. The summed E-state index contributed by atoms with van der Waals surface area (Å²) in [6, 6.07) is 15.4. The smallest absolute Gasteiger partial charge is 0.377 e. The van der Waals surface area contributed by atoms with Crippen molar-refractivity contribution in [2.75, 3.05) is 13.1 Å². The maximum absolute atomic E-state index is 14.7. The molecule has 33 heavy (non-hydrogen) atoms. The van der Waals surface area contributed by atoms with Crippen molar-refractivity contribution in [2.24, 2.45) is 5.92 Å². The van der Waals surface area contributed by atoms with Crippen LogP contribution in [0, 0.1) is 5.92 Å². The fraction of sp³-hybridized carbons (Fsp3) is 0.333. The normalized spacial score (nSPS) is 23.2. The number of rotatable bonds is 5. The fourth-order valence-electron chi connectivity index (χ4n) is 5.74. The minimum absolute atomic E-state index is 0.0892. The molecule has 1 fully saturated rings. The van der Waals surface area contributed by atoms with Crippen LogP contribution in [0.3, 0.4) is 0 Å². The van der Waals surface area contributed by atoms with Gasteiger partial charge in [-0.2, -0.15) is 0 Å². The number of nitrogens with zero attached hydrogens (tertiary/aromatic N) is 2. The molecule has 2 N–H and O–H groups in total. The zero-order valence-electron chi connectivity index (χ0n) is 19.2. The molecule has 0 bridgehead atoms. The molecule has 3 aromatic rings. The number of H-pyrrole nitrogens is 1. The van der Waals surface area contributed by atoms with Crippen LogP contribution in [0.2, 0.25) is 0 Å². The lowest BCUT2D eigenvalue weighted by atomic mass is 10.0. The lowest BCUT2D eigenvalue weighted by Gasteiger charge is -2.45. The maximum Gasteiger partial charge on any atom is 0.377 e. The van der Waals surface area contributed by atoms with E-state index in [-0.39, 0.29) is 16.1 Å². The monoisotopic (exact) mass is 444 g/mol. The van der Waals surface area contributed by atoms with Crippen LogP contribution in [0.1, 0.15) is 55.5 Å². The SMILES string of the molecule is CCCC1=C(C(=O)O)c2ccccc2[N+]1(C(=O)c1c[nH]c2ccccc12)N1CCCC(C)C1. The second-order valence-corrected chi connectivity index (χ2v) is 9.24. The summed E-state index contributed by atoms with van der Waals surface area (Å²) in [4.78, 5) is 30.6. The molecule has 2 aromatic carbocycles. The van der Waals surface area contributed by atoms with Crippen LogP contribution in [-0.2, 0) is 4.79 Å². The number of piperidine rings is 1. The minimum Gasteiger partial charge on any atom is -0.477 e. The van der Waals surface area contributed by atoms with Crippen LogP contribution in [0.15, 0.2) is 60.4 Å². The number of allylic oxidation sites excluding steroid dienone is 1. The number of carbonyl (C=O) groups is 2. The number of hydrogen-bond donors (Lipinski definition) is 2. The van der Waals surface area contributed by atoms with Gasteiger partial charge in [0.05, 0.1) is 12.1 Å². The van der Waals surface area contributed by atoms with Crippen molar-refractivity contribution >= 4 is 34.0 Å². The summed E-state index contributed by atoms with van der Waals surface area (Å²) in [5.74, 6) is -0.634. The standard InChI is InChI=1S/C27H29N3O3/c1-3-9-24-25(27(32)33)20-12-5-7-14-23(20)30(24,29-15-8-10-18(2)17-29)26(31)21-16-28-22-13-6-4-11-19(21)22/h4-7,11-14,16,18H,3,8-10,15,17H2,1-2H3,(H-,28,31,32,33)/p+1. The molecule has 3 heterocycles. The second kappa shape index (κ2) is 8.28. The average Bonchev–Trinajstić information content (AvgIpc) is 3.37. The summed E-state index contributed by atoms with van der Waals surface area (Å²) in [5, 5.41) is 13.4. The number of aliphatic carboxylic acids is 1. The third kappa shape index (κ3) is 3.16. The first kappa shape index (κ1) is 21.6. The highest BCUT2D eigenvalue weighted by Crippen LogP contribution is 2.50. The summed E-state index contributed by atoms with van der Waals surface area (Å²) < 4.78 is -0.141. The number of amides is 1. The zero-order valence-corrected chi connectivity index (χ0v) is 19.2. The molecule has 2 atom stereocenters. The first-order valence-corrected chi connectivity index (χ1v) is 11.8. The molecular weight excluding hydrogens is 414 g/mol. The summed E-state index contributed by atoms with van der Waals surface area (Å²) in [7, 11) is 0.